The van der Waals surface area contributed by atoms with E-state index in [0.29, 0.717) is 5.57 Å². The second kappa shape index (κ2) is 15.5. The number of carboxylic acids is 1. The van der Waals surface area contributed by atoms with Crippen molar-refractivity contribution in [2.75, 3.05) is 19.6 Å². The van der Waals surface area contributed by atoms with E-state index in [2.05, 4.69) is 25.7 Å². The molecule has 3 nitrogen and oxygen atoms in total. The van der Waals surface area contributed by atoms with Crippen LogP contribution in [0.5, 0.6) is 0 Å². The maximum atomic E-state index is 10.1. The molecule has 0 rings (SSSR count). The number of aliphatic carboxylic acids is 1. The van der Waals surface area contributed by atoms with Crippen molar-refractivity contribution in [2.24, 2.45) is 0 Å². The lowest BCUT2D eigenvalue weighted by atomic mass is 10.2. The summed E-state index contributed by atoms with van der Waals surface area (Å²) in [7, 11) is 0. The molecule has 0 aromatic heterocycles. The minimum atomic E-state index is -0.816. The molecule has 0 radical (unpaired) electrons. The Morgan fingerprint density at radius 2 is 1.53 bits per heavy atom. The van der Waals surface area contributed by atoms with Crippen LogP contribution in [0.3, 0.4) is 0 Å². The summed E-state index contributed by atoms with van der Waals surface area (Å²) in [6.45, 7) is 13.8. The standard InChI is InChI=1S/C7H12O2.C6H15N.ClH/c1-3-4-5-6(2)7(8)9;1-4-7(5-2)6-3;/h5H,3-4H2,1-2H3,(H,8,9);4-6H2,1-3H3;1H. The van der Waals surface area contributed by atoms with Crippen LogP contribution in [-0.2, 0) is 4.79 Å². The van der Waals surface area contributed by atoms with E-state index >= 15 is 0 Å². The Balaban J connectivity index is -0.000000224. The van der Waals surface area contributed by atoms with Gasteiger partial charge in [0.15, 0.2) is 0 Å². The molecule has 0 aliphatic rings. The van der Waals surface area contributed by atoms with Crippen molar-refractivity contribution in [2.45, 2.75) is 47.5 Å². The van der Waals surface area contributed by atoms with Crippen molar-refractivity contribution >= 4 is 18.4 Å². The Morgan fingerprint density at radius 3 is 1.71 bits per heavy atom. The van der Waals surface area contributed by atoms with Gasteiger partial charge in [-0.25, -0.2) is 4.79 Å². The second-order valence-corrected chi connectivity index (χ2v) is 3.60. The number of halogens is 1. The van der Waals surface area contributed by atoms with Gasteiger partial charge in [0.05, 0.1) is 0 Å². The highest BCUT2D eigenvalue weighted by Crippen LogP contribution is 1.96. The van der Waals surface area contributed by atoms with E-state index < -0.39 is 5.97 Å². The van der Waals surface area contributed by atoms with Crippen LogP contribution in [-0.4, -0.2) is 35.6 Å². The molecule has 0 amide bonds. The van der Waals surface area contributed by atoms with Crippen LogP contribution >= 0.6 is 12.4 Å². The van der Waals surface area contributed by atoms with Gasteiger partial charge in [-0.2, -0.15) is 0 Å². The molecule has 0 spiro atoms. The fourth-order valence-corrected chi connectivity index (χ4v) is 1.12. The molecule has 0 saturated carbocycles. The molecule has 0 aliphatic heterocycles. The number of nitrogens with zero attached hydrogens (tertiary/aromatic N) is 1. The van der Waals surface area contributed by atoms with Crippen molar-refractivity contribution in [3.05, 3.63) is 11.6 Å². The fraction of sp³-hybridized carbons (Fsp3) is 0.769. The molecule has 0 atom stereocenters. The number of allylic oxidation sites excluding steroid dienone is 1. The zero-order chi connectivity index (χ0) is 13.0. The molecule has 17 heavy (non-hydrogen) atoms. The number of unbranched alkanes of at least 4 members (excludes halogenated alkanes) is 1. The predicted molar refractivity (Wildman–Crippen MR) is 77.0 cm³/mol. The van der Waals surface area contributed by atoms with Gasteiger partial charge in [0, 0.05) is 5.57 Å². The Labute approximate surface area is 112 Å². The van der Waals surface area contributed by atoms with E-state index in [4.69, 9.17) is 5.11 Å². The maximum Gasteiger partial charge on any atom is 0.330 e. The fourth-order valence-electron chi connectivity index (χ4n) is 1.12. The highest BCUT2D eigenvalue weighted by Gasteiger charge is 1.95. The van der Waals surface area contributed by atoms with Gasteiger partial charge in [0.25, 0.3) is 0 Å². The lowest BCUT2D eigenvalue weighted by Crippen LogP contribution is -2.21. The van der Waals surface area contributed by atoms with E-state index in [1.807, 2.05) is 6.92 Å². The Kier molecular flexibility index (Phi) is 19.7. The minimum Gasteiger partial charge on any atom is -0.478 e. The van der Waals surface area contributed by atoms with Gasteiger partial charge >= 0.3 is 5.97 Å². The Hall–Kier alpha value is -0.540. The smallest absolute Gasteiger partial charge is 0.330 e. The van der Waals surface area contributed by atoms with Gasteiger partial charge in [0.2, 0.25) is 0 Å². The van der Waals surface area contributed by atoms with E-state index in [9.17, 15) is 4.79 Å². The molecule has 0 aliphatic carbocycles. The molecule has 0 fully saturated rings. The first-order valence-corrected chi connectivity index (χ1v) is 6.15. The van der Waals surface area contributed by atoms with Crippen LogP contribution in [0.4, 0.5) is 0 Å². The van der Waals surface area contributed by atoms with Gasteiger partial charge in [-0.3, -0.25) is 0 Å². The molecular formula is C13H28ClNO2. The lowest BCUT2D eigenvalue weighted by Gasteiger charge is -2.13. The molecular weight excluding hydrogens is 238 g/mol. The quantitative estimate of drug-likeness (QED) is 0.746. The summed E-state index contributed by atoms with van der Waals surface area (Å²) in [6, 6.07) is 0. The summed E-state index contributed by atoms with van der Waals surface area (Å²) in [5, 5.41) is 8.34. The average Bonchev–Trinajstić information content (AvgIpc) is 2.29. The van der Waals surface area contributed by atoms with Crippen molar-refractivity contribution in [3.63, 3.8) is 0 Å². The van der Waals surface area contributed by atoms with Gasteiger partial charge in [-0.15, -0.1) is 12.4 Å². The van der Waals surface area contributed by atoms with Crippen molar-refractivity contribution in [1.82, 2.24) is 4.90 Å². The predicted octanol–water partition coefficient (Wildman–Crippen LogP) is 3.59. The molecule has 0 unspecified atom stereocenters. The zero-order valence-corrected chi connectivity index (χ0v) is 12.6. The first kappa shape index (κ1) is 21.7. The maximum absolute atomic E-state index is 10.1. The highest BCUT2D eigenvalue weighted by atomic mass is 35.5. The summed E-state index contributed by atoms with van der Waals surface area (Å²) in [5.41, 5.74) is 0.442. The van der Waals surface area contributed by atoms with Crippen molar-refractivity contribution < 1.29 is 9.90 Å². The van der Waals surface area contributed by atoms with E-state index in [1.54, 1.807) is 13.0 Å². The first-order valence-electron chi connectivity index (χ1n) is 6.15. The van der Waals surface area contributed by atoms with Gasteiger partial charge in [-0.05, 0) is 33.0 Å². The van der Waals surface area contributed by atoms with E-state index in [-0.39, 0.29) is 12.4 Å². The summed E-state index contributed by atoms with van der Waals surface area (Å²) in [5.74, 6) is -0.816. The van der Waals surface area contributed by atoms with Crippen molar-refractivity contribution in [3.8, 4) is 0 Å². The third-order valence-corrected chi connectivity index (χ3v) is 2.42. The van der Waals surface area contributed by atoms with E-state index in [0.717, 1.165) is 12.8 Å². The van der Waals surface area contributed by atoms with Crippen LogP contribution in [0.2, 0.25) is 0 Å². The van der Waals surface area contributed by atoms with E-state index in [1.165, 1.54) is 19.6 Å². The number of carbonyl (C=O) groups is 1. The zero-order valence-electron chi connectivity index (χ0n) is 11.8. The summed E-state index contributed by atoms with van der Waals surface area (Å²) in [4.78, 5) is 12.5. The average molecular weight is 266 g/mol. The number of hydrogen-bond acceptors (Lipinski definition) is 2. The lowest BCUT2D eigenvalue weighted by molar-refractivity contribution is -0.132. The van der Waals surface area contributed by atoms with Crippen LogP contribution in [0.25, 0.3) is 0 Å². The highest BCUT2D eigenvalue weighted by molar-refractivity contribution is 5.85. The normalized spacial score (nSPS) is 10.4. The molecule has 0 bridgehead atoms. The molecule has 4 heteroatoms. The van der Waals surface area contributed by atoms with Crippen LogP contribution in [0.1, 0.15) is 47.5 Å². The molecule has 1 N–H and O–H groups in total. The largest absolute Gasteiger partial charge is 0.478 e. The second-order valence-electron chi connectivity index (χ2n) is 3.60. The monoisotopic (exact) mass is 265 g/mol. The summed E-state index contributed by atoms with van der Waals surface area (Å²) >= 11 is 0. The molecule has 104 valence electrons. The number of hydrogen-bond donors (Lipinski definition) is 1. The van der Waals surface area contributed by atoms with Crippen LogP contribution in [0, 0.1) is 0 Å². The Bertz CT molecular complexity index is 196. The molecule has 0 aromatic rings. The molecule has 0 aromatic carbocycles. The third kappa shape index (κ3) is 15.5. The SMILES string of the molecule is CCCC=C(C)C(=O)O.CCN(CC)CC.Cl. The third-order valence-electron chi connectivity index (χ3n) is 2.42. The topological polar surface area (TPSA) is 40.5 Å². The number of rotatable bonds is 6. The van der Waals surface area contributed by atoms with Gasteiger partial charge < -0.3 is 10.0 Å². The molecule has 0 heterocycles. The van der Waals surface area contributed by atoms with Gasteiger partial charge in [0.1, 0.15) is 0 Å². The van der Waals surface area contributed by atoms with Crippen LogP contribution < -0.4 is 0 Å². The molecule has 0 saturated heterocycles. The minimum absolute atomic E-state index is 0. The number of carboxylic acid groups (broad SMARTS) is 1. The van der Waals surface area contributed by atoms with Crippen LogP contribution in [0.15, 0.2) is 11.6 Å². The first-order chi connectivity index (χ1) is 7.53. The van der Waals surface area contributed by atoms with Gasteiger partial charge in [-0.1, -0.05) is 40.2 Å². The summed E-state index contributed by atoms with van der Waals surface area (Å²) in [6.07, 6.45) is 3.60. The Morgan fingerprint density at radius 1 is 1.12 bits per heavy atom. The van der Waals surface area contributed by atoms with Crippen molar-refractivity contribution in [1.29, 1.82) is 0 Å². The summed E-state index contributed by atoms with van der Waals surface area (Å²) < 4.78 is 0.